The molecule has 0 saturated carbocycles. The molecule has 0 aromatic carbocycles. The Kier molecular flexibility index (Phi) is 4.28. The largest absolute Gasteiger partial charge is 0.394 e. The van der Waals surface area contributed by atoms with Crippen molar-refractivity contribution in [2.24, 2.45) is 0 Å². The number of aromatic nitrogens is 2. The van der Waals surface area contributed by atoms with Crippen molar-refractivity contribution in [3.8, 4) is 0 Å². The lowest BCUT2D eigenvalue weighted by Gasteiger charge is -2.21. The fourth-order valence-electron chi connectivity index (χ4n) is 1.74. The number of nitrogens with one attached hydrogen (secondary N) is 1. The summed E-state index contributed by atoms with van der Waals surface area (Å²) in [5.74, 6) is -2.56. The van der Waals surface area contributed by atoms with Crippen molar-refractivity contribution in [1.29, 1.82) is 0 Å². The summed E-state index contributed by atoms with van der Waals surface area (Å²) in [7, 11) is 0. The van der Waals surface area contributed by atoms with Crippen LogP contribution >= 0.6 is 12.4 Å². The van der Waals surface area contributed by atoms with Gasteiger partial charge in [-0.1, -0.05) is 0 Å². The second-order valence-electron chi connectivity index (χ2n) is 3.78. The molecule has 0 spiro atoms. The molecule has 18 heavy (non-hydrogen) atoms. The van der Waals surface area contributed by atoms with Crippen LogP contribution in [0, 0.1) is 0 Å². The first-order chi connectivity index (χ1) is 7.96. The quantitative estimate of drug-likeness (QED) is 0.624. The Morgan fingerprint density at radius 3 is 2.78 bits per heavy atom. The number of alkyl halides is 1. The van der Waals surface area contributed by atoms with Crippen LogP contribution in [0.4, 0.5) is 4.39 Å². The average Bonchev–Trinajstić information content (AvgIpc) is 2.54. The molecule has 0 amide bonds. The summed E-state index contributed by atoms with van der Waals surface area (Å²) in [6.07, 6.45) is -1.87. The molecule has 0 radical (unpaired) electrons. The van der Waals surface area contributed by atoms with Gasteiger partial charge in [-0.3, -0.25) is 9.78 Å². The fourth-order valence-corrected chi connectivity index (χ4v) is 1.74. The van der Waals surface area contributed by atoms with E-state index in [4.69, 9.17) is 9.84 Å². The lowest BCUT2D eigenvalue weighted by atomic mass is 10.2. The second kappa shape index (κ2) is 5.19. The lowest BCUT2D eigenvalue weighted by molar-refractivity contribution is -0.205. The normalized spacial score (nSPS) is 31.1. The number of ether oxygens (including phenoxy) is 1. The number of aliphatic hydroxyl groups excluding tert-OH is 2. The van der Waals surface area contributed by atoms with Crippen LogP contribution < -0.4 is 11.2 Å². The van der Waals surface area contributed by atoms with Crippen LogP contribution in [-0.2, 0) is 10.7 Å². The topological polar surface area (TPSA) is 105 Å². The van der Waals surface area contributed by atoms with Crippen molar-refractivity contribution < 1.29 is 19.3 Å². The van der Waals surface area contributed by atoms with E-state index >= 15 is 0 Å². The molecule has 1 fully saturated rings. The number of hydrogen-bond acceptors (Lipinski definition) is 5. The molecular weight excluding hydrogens is 271 g/mol. The standard InChI is InChI=1S/C9H11FN2O5.ClH/c10-9(3-5(14)6(4-13)17-9)12-2-1-7(15)11-8(12)16;/h1-2,5-6,13-14H,3-4H2,(H,11,15,16);1H/t5-,6+,9-;/m0./s1. The summed E-state index contributed by atoms with van der Waals surface area (Å²) in [5, 5.41) is 18.3. The van der Waals surface area contributed by atoms with Crippen LogP contribution in [0.15, 0.2) is 21.9 Å². The number of nitrogens with zero attached hydrogens (tertiary/aromatic N) is 1. The molecule has 1 aromatic heterocycles. The predicted octanol–water partition coefficient (Wildman–Crippen LogP) is -1.32. The SMILES string of the molecule is Cl.O=c1ccn([C@@]2(F)C[C@H](O)[C@@H](CO)O2)c(=O)[nH]1. The molecule has 7 nitrogen and oxygen atoms in total. The first-order valence-electron chi connectivity index (χ1n) is 4.94. The van der Waals surface area contributed by atoms with E-state index in [-0.39, 0.29) is 12.4 Å². The van der Waals surface area contributed by atoms with E-state index < -0.39 is 42.5 Å². The number of aromatic amines is 1. The van der Waals surface area contributed by atoms with Crippen molar-refractivity contribution in [1.82, 2.24) is 9.55 Å². The van der Waals surface area contributed by atoms with Crippen molar-refractivity contribution >= 4 is 12.4 Å². The van der Waals surface area contributed by atoms with E-state index in [1.165, 1.54) is 0 Å². The van der Waals surface area contributed by atoms with Crippen LogP contribution in [0.1, 0.15) is 6.42 Å². The maximum absolute atomic E-state index is 14.3. The molecule has 0 bridgehead atoms. The minimum atomic E-state index is -2.56. The molecule has 1 aromatic rings. The molecule has 9 heteroatoms. The van der Waals surface area contributed by atoms with Gasteiger partial charge in [-0.25, -0.2) is 9.36 Å². The molecule has 1 saturated heterocycles. The zero-order chi connectivity index (χ0) is 12.6. The van der Waals surface area contributed by atoms with Gasteiger partial charge < -0.3 is 14.9 Å². The van der Waals surface area contributed by atoms with E-state index in [9.17, 15) is 19.1 Å². The van der Waals surface area contributed by atoms with Gasteiger partial charge in [0.25, 0.3) is 11.5 Å². The predicted molar refractivity (Wildman–Crippen MR) is 60.2 cm³/mol. The molecule has 2 heterocycles. The van der Waals surface area contributed by atoms with E-state index in [1.54, 1.807) is 0 Å². The zero-order valence-electron chi connectivity index (χ0n) is 9.08. The number of hydrogen-bond donors (Lipinski definition) is 3. The Morgan fingerprint density at radius 2 is 2.28 bits per heavy atom. The maximum atomic E-state index is 14.3. The third-order valence-electron chi connectivity index (χ3n) is 2.59. The maximum Gasteiger partial charge on any atom is 0.332 e. The Hall–Kier alpha value is -1.22. The van der Waals surface area contributed by atoms with E-state index in [1.807, 2.05) is 4.98 Å². The van der Waals surface area contributed by atoms with Gasteiger partial charge in [0.2, 0.25) is 0 Å². The van der Waals surface area contributed by atoms with Crippen LogP contribution in [-0.4, -0.2) is 38.6 Å². The third kappa shape index (κ3) is 2.46. The average molecular weight is 283 g/mol. The van der Waals surface area contributed by atoms with Gasteiger partial charge in [0.15, 0.2) is 0 Å². The monoisotopic (exact) mass is 282 g/mol. The van der Waals surface area contributed by atoms with Gasteiger partial charge in [0, 0.05) is 12.3 Å². The first kappa shape index (κ1) is 14.8. The minimum Gasteiger partial charge on any atom is -0.394 e. The summed E-state index contributed by atoms with van der Waals surface area (Å²) < 4.78 is 19.6. The van der Waals surface area contributed by atoms with Crippen LogP contribution in [0.25, 0.3) is 0 Å². The highest BCUT2D eigenvalue weighted by atomic mass is 35.5. The summed E-state index contributed by atoms with van der Waals surface area (Å²) in [4.78, 5) is 24.1. The Labute approximate surface area is 106 Å². The summed E-state index contributed by atoms with van der Waals surface area (Å²) in [6.45, 7) is -0.565. The Morgan fingerprint density at radius 1 is 1.61 bits per heavy atom. The molecule has 1 aliphatic rings. The second-order valence-corrected chi connectivity index (χ2v) is 3.78. The van der Waals surface area contributed by atoms with Crippen molar-refractivity contribution in [3.63, 3.8) is 0 Å². The molecule has 3 atom stereocenters. The Bertz CT molecular complexity index is 532. The smallest absolute Gasteiger partial charge is 0.332 e. The first-order valence-corrected chi connectivity index (χ1v) is 4.94. The number of rotatable bonds is 2. The number of aliphatic hydroxyl groups is 2. The minimum absolute atomic E-state index is 0. The van der Waals surface area contributed by atoms with E-state index in [0.717, 1.165) is 12.3 Å². The summed E-state index contributed by atoms with van der Waals surface area (Å²) in [6, 6.07) is 0.963. The van der Waals surface area contributed by atoms with E-state index in [2.05, 4.69) is 0 Å². The molecule has 1 aliphatic heterocycles. The highest BCUT2D eigenvalue weighted by molar-refractivity contribution is 5.85. The lowest BCUT2D eigenvalue weighted by Crippen LogP contribution is -2.41. The van der Waals surface area contributed by atoms with Crippen molar-refractivity contribution in [2.45, 2.75) is 24.6 Å². The van der Waals surface area contributed by atoms with Crippen LogP contribution in [0.2, 0.25) is 0 Å². The fraction of sp³-hybridized carbons (Fsp3) is 0.556. The van der Waals surface area contributed by atoms with Gasteiger partial charge in [0.1, 0.15) is 6.10 Å². The van der Waals surface area contributed by atoms with Gasteiger partial charge in [-0.15, -0.1) is 12.4 Å². The molecular formula is C9H12ClFN2O5. The van der Waals surface area contributed by atoms with Gasteiger partial charge in [0.05, 0.1) is 19.1 Å². The molecule has 0 aliphatic carbocycles. The number of halogens is 2. The van der Waals surface area contributed by atoms with Crippen molar-refractivity contribution in [2.75, 3.05) is 6.61 Å². The highest BCUT2D eigenvalue weighted by Crippen LogP contribution is 2.35. The highest BCUT2D eigenvalue weighted by Gasteiger charge is 2.48. The molecule has 0 unspecified atom stereocenters. The Balaban J connectivity index is 0.00000162. The van der Waals surface area contributed by atoms with Gasteiger partial charge in [-0.05, 0) is 0 Å². The van der Waals surface area contributed by atoms with Crippen LogP contribution in [0.5, 0.6) is 0 Å². The van der Waals surface area contributed by atoms with Crippen molar-refractivity contribution in [3.05, 3.63) is 33.1 Å². The van der Waals surface area contributed by atoms with Crippen LogP contribution in [0.3, 0.4) is 0 Å². The third-order valence-corrected chi connectivity index (χ3v) is 2.59. The number of H-pyrrole nitrogens is 1. The van der Waals surface area contributed by atoms with Gasteiger partial charge in [-0.2, -0.15) is 4.39 Å². The summed E-state index contributed by atoms with van der Waals surface area (Å²) >= 11 is 0. The molecule has 102 valence electrons. The molecule has 3 N–H and O–H groups in total. The zero-order valence-corrected chi connectivity index (χ0v) is 9.89. The van der Waals surface area contributed by atoms with Gasteiger partial charge >= 0.3 is 5.69 Å². The van der Waals surface area contributed by atoms with E-state index in [0.29, 0.717) is 4.57 Å². The summed E-state index contributed by atoms with van der Waals surface area (Å²) in [5.41, 5.74) is -1.64. The molecule has 2 rings (SSSR count).